The van der Waals surface area contributed by atoms with Gasteiger partial charge in [0.2, 0.25) is 0 Å². The van der Waals surface area contributed by atoms with Gasteiger partial charge in [-0.25, -0.2) is 0 Å². The smallest absolute Gasteiger partial charge is 0.136 e. The van der Waals surface area contributed by atoms with E-state index in [-0.39, 0.29) is 35.4 Å². The van der Waals surface area contributed by atoms with Crippen molar-refractivity contribution in [1.82, 2.24) is 0 Å². The Morgan fingerprint density at radius 2 is 0.823 bits per heavy atom. The fourth-order valence-electron chi connectivity index (χ4n) is 9.14. The highest BCUT2D eigenvalue weighted by atomic mass is 16.3. The third kappa shape index (κ3) is 6.12. The molecule has 0 aliphatic carbocycles. The van der Waals surface area contributed by atoms with Crippen LogP contribution < -0.4 is 4.90 Å². The molecule has 1 aromatic heterocycles. The van der Waals surface area contributed by atoms with E-state index in [0.29, 0.717) is 16.9 Å². The molecule has 0 amide bonds. The van der Waals surface area contributed by atoms with Crippen molar-refractivity contribution >= 4 is 71.3 Å². The number of rotatable bonds is 7. The number of nitrogens with zero attached hydrogens (tertiary/aromatic N) is 1. The number of hydrogen-bond donors (Lipinski definition) is 0. The molecule has 12 rings (SSSR count). The van der Waals surface area contributed by atoms with Crippen molar-refractivity contribution < 1.29 is 9.90 Å². The zero-order valence-corrected chi connectivity index (χ0v) is 33.6. The molecule has 12 aromatic rings. The fraction of sp³-hybridized carbons (Fsp3) is 0. The summed E-state index contributed by atoms with van der Waals surface area (Å²) in [6, 6.07) is 71.3. The van der Waals surface area contributed by atoms with Gasteiger partial charge in [-0.05, 0) is 120 Å². The normalized spacial score (nSPS) is 12.5. The largest absolute Gasteiger partial charge is 0.456 e. The second-order valence-electron chi connectivity index (χ2n) is 15.7. The number of furan rings is 1. The van der Waals surface area contributed by atoms with Crippen LogP contribution in [0.5, 0.6) is 0 Å². The van der Waals surface area contributed by atoms with Crippen LogP contribution in [0, 0.1) is 0 Å². The van der Waals surface area contributed by atoms with E-state index in [0.717, 1.165) is 87.6 Å². The molecular formula is C60H39NO. The van der Waals surface area contributed by atoms with Crippen LogP contribution in [0.3, 0.4) is 0 Å². The van der Waals surface area contributed by atoms with Crippen molar-refractivity contribution in [3.05, 3.63) is 236 Å². The molecule has 0 bridgehead atoms. The van der Waals surface area contributed by atoms with Crippen LogP contribution in [-0.2, 0) is 0 Å². The quantitative estimate of drug-likeness (QED) is 0.160. The molecule has 1 heterocycles. The SMILES string of the molecule is [2H]c1c([2H])c(N(c2ccc(-c3cccc4ccccc34)cc2)c2ccccc2-c2cccc3oc4cc5ccccc5cc4c23)c([2H])c([2H])c1-c1ccc(-c2cccc3ccccc23)cc1. The third-order valence-corrected chi connectivity index (χ3v) is 12.1. The summed E-state index contributed by atoms with van der Waals surface area (Å²) >= 11 is 0. The molecular weight excluding hydrogens is 751 g/mol. The van der Waals surface area contributed by atoms with Crippen LogP contribution in [0.15, 0.2) is 241 Å². The van der Waals surface area contributed by atoms with Gasteiger partial charge in [-0.1, -0.05) is 188 Å². The number of benzene rings is 11. The lowest BCUT2D eigenvalue weighted by atomic mass is 9.95. The Labute approximate surface area is 365 Å². The summed E-state index contributed by atoms with van der Waals surface area (Å²) in [6.07, 6.45) is 0. The summed E-state index contributed by atoms with van der Waals surface area (Å²) in [5, 5.41) is 8.72. The second-order valence-corrected chi connectivity index (χ2v) is 15.7. The zero-order chi connectivity index (χ0) is 44.5. The van der Waals surface area contributed by atoms with Gasteiger partial charge in [-0.3, -0.25) is 0 Å². The maximum atomic E-state index is 9.80. The highest BCUT2D eigenvalue weighted by molar-refractivity contribution is 6.16. The van der Waals surface area contributed by atoms with E-state index in [2.05, 4.69) is 109 Å². The molecule has 0 radical (unpaired) electrons. The van der Waals surface area contributed by atoms with Gasteiger partial charge in [0.15, 0.2) is 0 Å². The highest BCUT2D eigenvalue weighted by Crippen LogP contribution is 2.46. The predicted molar refractivity (Wildman–Crippen MR) is 263 cm³/mol. The van der Waals surface area contributed by atoms with E-state index in [1.807, 2.05) is 108 Å². The molecule has 11 aromatic carbocycles. The van der Waals surface area contributed by atoms with Gasteiger partial charge in [0.05, 0.1) is 11.2 Å². The number of fused-ring (bicyclic) bond motifs is 6. The number of para-hydroxylation sites is 1. The molecule has 0 saturated carbocycles. The Bertz CT molecular complexity index is 3830. The number of hydrogen-bond acceptors (Lipinski definition) is 2. The first kappa shape index (κ1) is 31.7. The summed E-state index contributed by atoms with van der Waals surface area (Å²) in [7, 11) is 0. The predicted octanol–water partition coefficient (Wildman–Crippen LogP) is 17.2. The van der Waals surface area contributed by atoms with Gasteiger partial charge in [0, 0.05) is 27.7 Å². The van der Waals surface area contributed by atoms with E-state index in [9.17, 15) is 5.48 Å². The molecule has 62 heavy (non-hydrogen) atoms. The van der Waals surface area contributed by atoms with Gasteiger partial charge in [0.25, 0.3) is 0 Å². The lowest BCUT2D eigenvalue weighted by molar-refractivity contribution is 0.669. The van der Waals surface area contributed by atoms with Gasteiger partial charge < -0.3 is 9.32 Å². The van der Waals surface area contributed by atoms with E-state index in [1.54, 1.807) is 0 Å². The van der Waals surface area contributed by atoms with E-state index in [4.69, 9.17) is 4.42 Å². The molecule has 0 N–H and O–H groups in total. The Morgan fingerprint density at radius 1 is 0.323 bits per heavy atom. The summed E-state index contributed by atoms with van der Waals surface area (Å²) in [6.45, 7) is 0. The minimum Gasteiger partial charge on any atom is -0.456 e. The molecule has 2 heteroatoms. The van der Waals surface area contributed by atoms with Crippen LogP contribution in [0.2, 0.25) is 0 Å². The Kier molecular flexibility index (Phi) is 7.57. The van der Waals surface area contributed by atoms with Crippen molar-refractivity contribution in [2.75, 3.05) is 4.90 Å². The Morgan fingerprint density at radius 3 is 1.50 bits per heavy atom. The summed E-state index contributed by atoms with van der Waals surface area (Å²) in [5.74, 6) is 0. The highest BCUT2D eigenvalue weighted by Gasteiger charge is 2.21. The van der Waals surface area contributed by atoms with Crippen LogP contribution in [0.4, 0.5) is 17.1 Å². The zero-order valence-electron chi connectivity index (χ0n) is 37.6. The van der Waals surface area contributed by atoms with Crippen molar-refractivity contribution in [2.45, 2.75) is 0 Å². The topological polar surface area (TPSA) is 16.4 Å². The summed E-state index contributed by atoms with van der Waals surface area (Å²) < 4.78 is 45.4. The molecule has 0 fully saturated rings. The van der Waals surface area contributed by atoms with Crippen LogP contribution in [0.1, 0.15) is 5.48 Å². The maximum absolute atomic E-state index is 9.80. The van der Waals surface area contributed by atoms with Gasteiger partial charge in [-0.2, -0.15) is 0 Å². The first-order valence-corrected chi connectivity index (χ1v) is 20.9. The first-order chi connectivity index (χ1) is 32.4. The first-order valence-electron chi connectivity index (χ1n) is 22.9. The fourth-order valence-corrected chi connectivity index (χ4v) is 9.14. The molecule has 290 valence electrons. The Hall–Kier alpha value is -8.20. The van der Waals surface area contributed by atoms with E-state index < -0.39 is 0 Å². The van der Waals surface area contributed by atoms with Gasteiger partial charge in [-0.15, -0.1) is 0 Å². The Balaban J connectivity index is 1.05. The third-order valence-electron chi connectivity index (χ3n) is 12.1. The molecule has 0 aliphatic heterocycles. The second kappa shape index (κ2) is 14.8. The lowest BCUT2D eigenvalue weighted by Crippen LogP contribution is -2.11. The van der Waals surface area contributed by atoms with Gasteiger partial charge in [0.1, 0.15) is 11.2 Å². The van der Waals surface area contributed by atoms with Crippen LogP contribution in [-0.4, -0.2) is 0 Å². The molecule has 0 spiro atoms. The van der Waals surface area contributed by atoms with Crippen LogP contribution >= 0.6 is 0 Å². The van der Waals surface area contributed by atoms with Crippen molar-refractivity contribution in [1.29, 1.82) is 0 Å². The van der Waals surface area contributed by atoms with Crippen molar-refractivity contribution in [3.8, 4) is 44.5 Å². The van der Waals surface area contributed by atoms with E-state index >= 15 is 0 Å². The molecule has 2 nitrogen and oxygen atoms in total. The van der Waals surface area contributed by atoms with E-state index in [1.165, 1.54) is 0 Å². The monoisotopic (exact) mass is 793 g/mol. The lowest BCUT2D eigenvalue weighted by Gasteiger charge is -2.28. The standard InChI is InChI=1S/C60H39NO/c1-2-15-47-39-59-56(38-46(47)14-1)60-55(23-11-25-58(60)62-59)54-20-7-8-24-57(54)61(49-36-32-45(33-37-49)53-22-10-17-43-13-4-6-19-51(43)53)48-34-30-41(31-35-48)40-26-28-44(29-27-40)52-21-9-16-42-12-3-5-18-50(42)52/h1-39H/i30D,31D,34D,35D. The summed E-state index contributed by atoms with van der Waals surface area (Å²) in [4.78, 5) is 1.90. The maximum Gasteiger partial charge on any atom is 0.136 e. The summed E-state index contributed by atoms with van der Waals surface area (Å²) in [5.41, 5.74) is 9.92. The number of anilines is 3. The molecule has 0 atom stereocenters. The van der Waals surface area contributed by atoms with Crippen molar-refractivity contribution in [2.24, 2.45) is 0 Å². The minimum atomic E-state index is -0.143. The van der Waals surface area contributed by atoms with Crippen molar-refractivity contribution in [3.63, 3.8) is 0 Å². The van der Waals surface area contributed by atoms with Crippen LogP contribution in [0.25, 0.3) is 98.8 Å². The molecule has 0 saturated heterocycles. The average Bonchev–Trinajstić information content (AvgIpc) is 3.74. The minimum absolute atomic E-state index is 0.117. The molecule has 0 unspecified atom stereocenters. The average molecular weight is 794 g/mol. The molecule has 0 aliphatic rings. The van der Waals surface area contributed by atoms with Gasteiger partial charge >= 0.3 is 0 Å².